The molecule has 1 unspecified atom stereocenters. The fraction of sp³-hybridized carbons (Fsp3) is 0.290. The summed E-state index contributed by atoms with van der Waals surface area (Å²) in [6, 6.07) is 10.4. The molecule has 0 fully saturated rings. The van der Waals surface area contributed by atoms with Gasteiger partial charge in [0.05, 0.1) is 38.6 Å². The summed E-state index contributed by atoms with van der Waals surface area (Å²) < 4.78 is 13.9. The zero-order valence-electron chi connectivity index (χ0n) is 23.9. The molecule has 4 N–H and O–H groups in total. The van der Waals surface area contributed by atoms with Gasteiger partial charge in [0, 0.05) is 53.2 Å². The van der Waals surface area contributed by atoms with E-state index < -0.39 is 5.82 Å². The maximum absolute atomic E-state index is 13.9. The van der Waals surface area contributed by atoms with Gasteiger partial charge in [0.1, 0.15) is 11.9 Å². The van der Waals surface area contributed by atoms with Crippen LogP contribution in [-0.4, -0.2) is 34.0 Å². The first-order valence-corrected chi connectivity index (χ1v) is 15.7. The van der Waals surface area contributed by atoms with Crippen LogP contribution in [0.4, 0.5) is 21.5 Å². The summed E-state index contributed by atoms with van der Waals surface area (Å²) in [6.45, 7) is 9.45. The van der Waals surface area contributed by atoms with E-state index in [-0.39, 0.29) is 17.1 Å². The quantitative estimate of drug-likeness (QED) is 0.158. The van der Waals surface area contributed by atoms with Crippen LogP contribution >= 0.6 is 34.5 Å². The Morgan fingerprint density at radius 3 is 2.72 bits per heavy atom. The predicted molar refractivity (Wildman–Crippen MR) is 173 cm³/mol. The van der Waals surface area contributed by atoms with Gasteiger partial charge in [0.2, 0.25) is 0 Å². The number of rotatable bonds is 8. The summed E-state index contributed by atoms with van der Waals surface area (Å²) in [5.41, 5.74) is 12.9. The highest BCUT2D eigenvalue weighted by Gasteiger charge is 2.29. The molecule has 2 aliphatic heterocycles. The van der Waals surface area contributed by atoms with Gasteiger partial charge in [-0.2, -0.15) is 5.26 Å². The minimum Gasteiger partial charge on any atom is -0.373 e. The van der Waals surface area contributed by atoms with Gasteiger partial charge in [-0.05, 0) is 73.7 Å². The Bertz CT molecular complexity index is 1770. The maximum atomic E-state index is 13.9. The van der Waals surface area contributed by atoms with Gasteiger partial charge in [0.25, 0.3) is 0 Å². The van der Waals surface area contributed by atoms with Crippen LogP contribution in [0.2, 0.25) is 10.0 Å². The molecule has 1 atom stereocenters. The molecule has 0 amide bonds. The van der Waals surface area contributed by atoms with Crippen molar-refractivity contribution in [2.24, 2.45) is 0 Å². The number of benzene rings is 2. The molecular weight excluding hydrogens is 606 g/mol. The van der Waals surface area contributed by atoms with Crippen LogP contribution in [0.1, 0.15) is 48.4 Å². The van der Waals surface area contributed by atoms with E-state index in [4.69, 9.17) is 23.2 Å². The monoisotopic (exact) mass is 636 g/mol. The van der Waals surface area contributed by atoms with E-state index in [0.717, 1.165) is 37.4 Å². The Kier molecular flexibility index (Phi) is 8.36. The molecular formula is C31H31Cl2FN8S. The fourth-order valence-electron chi connectivity index (χ4n) is 5.46. The summed E-state index contributed by atoms with van der Waals surface area (Å²) in [7, 11) is 0. The molecule has 2 aromatic carbocycles. The van der Waals surface area contributed by atoms with Crippen LogP contribution in [0.3, 0.4) is 0 Å². The summed E-state index contributed by atoms with van der Waals surface area (Å²) in [6.07, 6.45) is 4.56. The largest absolute Gasteiger partial charge is 0.373 e. The molecule has 6 rings (SSSR count). The Morgan fingerprint density at radius 1 is 1.19 bits per heavy atom. The molecule has 12 heteroatoms. The third kappa shape index (κ3) is 5.84. The van der Waals surface area contributed by atoms with E-state index in [1.165, 1.54) is 34.3 Å². The molecule has 43 heavy (non-hydrogen) atoms. The topological polar surface area (TPSA) is 91.3 Å². The predicted octanol–water partition coefficient (Wildman–Crippen LogP) is 7.46. The molecule has 0 spiro atoms. The van der Waals surface area contributed by atoms with Crippen molar-refractivity contribution in [1.29, 1.82) is 5.26 Å². The van der Waals surface area contributed by atoms with Crippen LogP contribution < -0.4 is 21.6 Å². The van der Waals surface area contributed by atoms with Crippen LogP contribution in [-0.2, 0) is 13.0 Å². The van der Waals surface area contributed by atoms with Crippen LogP contribution in [0.25, 0.3) is 10.9 Å². The van der Waals surface area contributed by atoms with E-state index in [9.17, 15) is 9.65 Å². The molecule has 2 aromatic heterocycles. The molecule has 0 aliphatic carbocycles. The second-order valence-corrected chi connectivity index (χ2v) is 12.7. The first kappa shape index (κ1) is 29.5. The van der Waals surface area contributed by atoms with Gasteiger partial charge in [-0.15, -0.1) is 16.9 Å². The standard InChI is InChI=1S/C31H31Cl2FN8S/c1-4-41-8-7-21-23(16-43-28(21)15-41)31(27-14-42(17(2)3)40-39-27)38-20-9-22-29(37-19-5-6-26(34)24(32)10-19)18(12-35)13-36-30(22)25(33)11-20/h5-6,9-11,13-14,16-17,31,38-40H,4,7-8,15H2,1-3H3,(H,36,37). The molecule has 0 saturated carbocycles. The van der Waals surface area contributed by atoms with E-state index in [1.54, 1.807) is 17.4 Å². The Hall–Kier alpha value is -3.59. The molecule has 222 valence electrons. The Balaban J connectivity index is 1.43. The number of halogens is 3. The van der Waals surface area contributed by atoms with Gasteiger partial charge in [-0.1, -0.05) is 30.1 Å². The van der Waals surface area contributed by atoms with Crippen molar-refractivity contribution >= 4 is 62.5 Å². The van der Waals surface area contributed by atoms with Crippen molar-refractivity contribution in [2.75, 3.05) is 23.7 Å². The van der Waals surface area contributed by atoms with Crippen LogP contribution in [0.5, 0.6) is 0 Å². The van der Waals surface area contributed by atoms with E-state index >= 15 is 0 Å². The number of hydrogen-bond acceptors (Lipinski definition) is 9. The molecule has 4 aromatic rings. The average molecular weight is 638 g/mol. The van der Waals surface area contributed by atoms with Crippen molar-refractivity contribution < 1.29 is 4.39 Å². The summed E-state index contributed by atoms with van der Waals surface area (Å²) in [5.74, 6) is -0.522. The lowest BCUT2D eigenvalue weighted by atomic mass is 9.96. The summed E-state index contributed by atoms with van der Waals surface area (Å²) in [4.78, 5) is 8.34. The Labute approximate surface area is 264 Å². The number of aromatic nitrogens is 1. The second kappa shape index (κ2) is 12.2. The number of nitrogens with zero attached hydrogens (tertiary/aromatic N) is 4. The van der Waals surface area contributed by atoms with Crippen molar-refractivity contribution in [2.45, 2.75) is 45.8 Å². The maximum Gasteiger partial charge on any atom is 0.141 e. The molecule has 0 saturated heterocycles. The lowest BCUT2D eigenvalue weighted by Gasteiger charge is -2.28. The number of hydrazine groups is 2. The highest BCUT2D eigenvalue weighted by Crippen LogP contribution is 2.40. The molecule has 4 heterocycles. The number of anilines is 3. The van der Waals surface area contributed by atoms with Crippen molar-refractivity contribution in [3.63, 3.8) is 0 Å². The SMILES string of the molecule is CCN1CCc2c(C(Nc3cc(Cl)c4ncc(C#N)c(Nc5ccc(F)c(Cl)c5)c4c3)C3=CN(C(C)C)NN3)csc2C1. The van der Waals surface area contributed by atoms with Crippen molar-refractivity contribution in [3.05, 3.63) is 91.2 Å². The minimum atomic E-state index is -0.522. The number of thiophene rings is 1. The van der Waals surface area contributed by atoms with Crippen molar-refractivity contribution in [3.8, 4) is 6.07 Å². The molecule has 0 bridgehead atoms. The summed E-state index contributed by atoms with van der Waals surface area (Å²) in [5, 5.41) is 22.3. The van der Waals surface area contributed by atoms with Gasteiger partial charge in [-0.25, -0.2) is 4.39 Å². The first-order valence-electron chi connectivity index (χ1n) is 14.1. The lowest BCUT2D eigenvalue weighted by molar-refractivity contribution is 0.220. The normalized spacial score (nSPS) is 15.7. The van der Waals surface area contributed by atoms with Gasteiger partial charge >= 0.3 is 0 Å². The van der Waals surface area contributed by atoms with Gasteiger partial charge < -0.3 is 16.1 Å². The average Bonchev–Trinajstić information content (AvgIpc) is 3.66. The number of pyridine rings is 1. The second-order valence-electron chi connectivity index (χ2n) is 10.9. The third-order valence-electron chi connectivity index (χ3n) is 7.84. The number of nitriles is 1. The molecule has 8 nitrogen and oxygen atoms in total. The molecule has 0 radical (unpaired) electrons. The number of likely N-dealkylation sites (N-methyl/N-ethyl adjacent to an activating group) is 1. The van der Waals surface area contributed by atoms with Crippen LogP contribution in [0.15, 0.2) is 53.8 Å². The number of hydrogen-bond donors (Lipinski definition) is 4. The molecule has 2 aliphatic rings. The van der Waals surface area contributed by atoms with E-state index in [1.807, 2.05) is 17.1 Å². The highest BCUT2D eigenvalue weighted by atomic mass is 35.5. The zero-order chi connectivity index (χ0) is 30.2. The number of nitrogens with one attached hydrogen (secondary N) is 4. The lowest BCUT2D eigenvalue weighted by Crippen LogP contribution is -2.41. The summed E-state index contributed by atoms with van der Waals surface area (Å²) >= 11 is 14.7. The van der Waals surface area contributed by atoms with E-state index in [0.29, 0.717) is 32.9 Å². The van der Waals surface area contributed by atoms with Crippen LogP contribution in [0, 0.1) is 17.1 Å². The number of fused-ring (bicyclic) bond motifs is 2. The Morgan fingerprint density at radius 2 is 2.00 bits per heavy atom. The third-order valence-corrected chi connectivity index (χ3v) is 9.45. The highest BCUT2D eigenvalue weighted by molar-refractivity contribution is 7.10. The van der Waals surface area contributed by atoms with Gasteiger partial charge in [0.15, 0.2) is 0 Å². The first-order chi connectivity index (χ1) is 20.7. The van der Waals surface area contributed by atoms with Crippen molar-refractivity contribution in [1.82, 2.24) is 25.9 Å². The van der Waals surface area contributed by atoms with E-state index in [2.05, 4.69) is 69.9 Å². The zero-order valence-corrected chi connectivity index (χ0v) is 26.3. The fourth-order valence-corrected chi connectivity index (χ4v) is 7.07. The minimum absolute atomic E-state index is 0.0207. The smallest absolute Gasteiger partial charge is 0.141 e. The van der Waals surface area contributed by atoms with Gasteiger partial charge in [-0.3, -0.25) is 14.9 Å².